The summed E-state index contributed by atoms with van der Waals surface area (Å²) < 4.78 is 30.3. The van der Waals surface area contributed by atoms with Crippen LogP contribution in [0.5, 0.6) is 5.75 Å². The molecule has 2 aromatic carbocycles. The van der Waals surface area contributed by atoms with Gasteiger partial charge in [-0.25, -0.2) is 0 Å². The lowest BCUT2D eigenvalue weighted by Crippen LogP contribution is -2.11. The van der Waals surface area contributed by atoms with Gasteiger partial charge in [-0.3, -0.25) is 4.98 Å². The molecule has 0 aliphatic carbocycles. The van der Waals surface area contributed by atoms with Crippen molar-refractivity contribution in [2.45, 2.75) is 11.8 Å². The molecule has 5 nitrogen and oxygen atoms in total. The summed E-state index contributed by atoms with van der Waals surface area (Å²) in [5, 5.41) is 9.60. The molecule has 0 unspecified atom stereocenters. The first-order valence-corrected chi connectivity index (χ1v) is 8.20. The van der Waals surface area contributed by atoms with E-state index in [2.05, 4.69) is 4.98 Å². The van der Waals surface area contributed by atoms with Crippen LogP contribution in [0.25, 0.3) is 10.9 Å². The zero-order valence-electron chi connectivity index (χ0n) is 12.2. The molecule has 1 heterocycles. The Bertz CT molecular complexity index is 1040. The van der Waals surface area contributed by atoms with Crippen LogP contribution in [0, 0.1) is 18.3 Å². The van der Waals surface area contributed by atoms with Crippen LogP contribution in [0.15, 0.2) is 59.6 Å². The molecule has 3 rings (SSSR count). The summed E-state index contributed by atoms with van der Waals surface area (Å²) in [5.41, 5.74) is 1.62. The summed E-state index contributed by atoms with van der Waals surface area (Å²) in [4.78, 5) is 4.21. The summed E-state index contributed by atoms with van der Waals surface area (Å²) in [6.45, 7) is 1.89. The van der Waals surface area contributed by atoms with Crippen LogP contribution in [0.1, 0.15) is 11.1 Å². The second-order valence-electron chi connectivity index (χ2n) is 5.02. The maximum Gasteiger partial charge on any atom is 0.341 e. The zero-order valence-corrected chi connectivity index (χ0v) is 13.0. The third kappa shape index (κ3) is 3.00. The highest BCUT2D eigenvalue weighted by molar-refractivity contribution is 7.87. The van der Waals surface area contributed by atoms with E-state index < -0.39 is 10.1 Å². The van der Waals surface area contributed by atoms with E-state index >= 15 is 0 Å². The zero-order chi connectivity index (χ0) is 16.4. The van der Waals surface area contributed by atoms with E-state index in [0.29, 0.717) is 11.1 Å². The van der Waals surface area contributed by atoms with Gasteiger partial charge in [0.1, 0.15) is 10.6 Å². The SMILES string of the molecule is Cc1cnc2c(S(=O)(=O)Oc3cccc(C#N)c3)cccc2c1. The molecule has 0 aliphatic rings. The second-order valence-corrected chi connectivity index (χ2v) is 6.53. The maximum absolute atomic E-state index is 12.6. The van der Waals surface area contributed by atoms with Crippen molar-refractivity contribution in [3.05, 3.63) is 65.9 Å². The minimum Gasteiger partial charge on any atom is -0.379 e. The molecule has 6 heteroatoms. The highest BCUT2D eigenvalue weighted by Crippen LogP contribution is 2.25. The number of rotatable bonds is 3. The number of benzene rings is 2. The van der Waals surface area contributed by atoms with Gasteiger partial charge in [0.05, 0.1) is 17.1 Å². The summed E-state index contributed by atoms with van der Waals surface area (Å²) in [5.74, 6) is 0.0909. The third-order valence-electron chi connectivity index (χ3n) is 3.25. The Hall–Kier alpha value is -2.91. The molecule has 0 amide bonds. The number of pyridine rings is 1. The van der Waals surface area contributed by atoms with Crippen LogP contribution in [0.2, 0.25) is 0 Å². The minimum absolute atomic E-state index is 0.00244. The molecule has 114 valence electrons. The summed E-state index contributed by atoms with van der Waals surface area (Å²) in [6.07, 6.45) is 1.61. The van der Waals surface area contributed by atoms with Gasteiger partial charge < -0.3 is 4.18 Å². The van der Waals surface area contributed by atoms with E-state index in [0.717, 1.165) is 10.9 Å². The van der Waals surface area contributed by atoms with Crippen molar-refractivity contribution in [1.29, 1.82) is 5.26 Å². The topological polar surface area (TPSA) is 80.1 Å². The number of aryl methyl sites for hydroxylation is 1. The average Bonchev–Trinajstić information content (AvgIpc) is 2.53. The molecule has 3 aromatic rings. The van der Waals surface area contributed by atoms with Crippen molar-refractivity contribution >= 4 is 21.0 Å². The molecule has 1 aromatic heterocycles. The normalized spacial score (nSPS) is 11.1. The van der Waals surface area contributed by atoms with Gasteiger partial charge in [-0.1, -0.05) is 18.2 Å². The van der Waals surface area contributed by atoms with E-state index in [1.54, 1.807) is 30.5 Å². The fraction of sp³-hybridized carbons (Fsp3) is 0.0588. The van der Waals surface area contributed by atoms with Crippen LogP contribution in [0.4, 0.5) is 0 Å². The maximum atomic E-state index is 12.6. The number of hydrogen-bond acceptors (Lipinski definition) is 5. The first kappa shape index (κ1) is 15.0. The highest BCUT2D eigenvalue weighted by atomic mass is 32.2. The van der Waals surface area contributed by atoms with Gasteiger partial charge in [0.15, 0.2) is 0 Å². The Kier molecular flexibility index (Phi) is 3.72. The molecule has 0 saturated carbocycles. The third-order valence-corrected chi connectivity index (χ3v) is 4.53. The number of aromatic nitrogens is 1. The van der Waals surface area contributed by atoms with Crippen LogP contribution < -0.4 is 4.18 Å². The molecule has 23 heavy (non-hydrogen) atoms. The molecule has 0 aliphatic heterocycles. The molecule has 0 N–H and O–H groups in total. The smallest absolute Gasteiger partial charge is 0.341 e. The van der Waals surface area contributed by atoms with Gasteiger partial charge in [-0.05, 0) is 42.8 Å². The lowest BCUT2D eigenvalue weighted by molar-refractivity contribution is 0.487. The van der Waals surface area contributed by atoms with E-state index in [1.165, 1.54) is 18.2 Å². The van der Waals surface area contributed by atoms with Crippen LogP contribution >= 0.6 is 0 Å². The molecule has 0 radical (unpaired) electrons. The Morgan fingerprint density at radius 1 is 1.13 bits per heavy atom. The molecule has 0 saturated heterocycles. The summed E-state index contributed by atoms with van der Waals surface area (Å²) in [6, 6.07) is 14.7. The first-order valence-electron chi connectivity index (χ1n) is 6.80. The van der Waals surface area contributed by atoms with Crippen LogP contribution in [-0.4, -0.2) is 13.4 Å². The van der Waals surface area contributed by atoms with Gasteiger partial charge >= 0.3 is 10.1 Å². The van der Waals surface area contributed by atoms with E-state index in [4.69, 9.17) is 9.44 Å². The van der Waals surface area contributed by atoms with Crippen molar-refractivity contribution in [3.63, 3.8) is 0 Å². The van der Waals surface area contributed by atoms with Crippen molar-refractivity contribution in [2.75, 3.05) is 0 Å². The summed E-state index contributed by atoms with van der Waals surface area (Å²) >= 11 is 0. The van der Waals surface area contributed by atoms with Crippen molar-refractivity contribution in [1.82, 2.24) is 4.98 Å². The number of hydrogen-bond donors (Lipinski definition) is 0. The lowest BCUT2D eigenvalue weighted by Gasteiger charge is -2.09. The van der Waals surface area contributed by atoms with Gasteiger partial charge in [-0.2, -0.15) is 13.7 Å². The van der Waals surface area contributed by atoms with Gasteiger partial charge in [0, 0.05) is 11.6 Å². The molecule has 0 bridgehead atoms. The van der Waals surface area contributed by atoms with Crippen molar-refractivity contribution < 1.29 is 12.6 Å². The Morgan fingerprint density at radius 3 is 2.70 bits per heavy atom. The highest BCUT2D eigenvalue weighted by Gasteiger charge is 2.20. The monoisotopic (exact) mass is 324 g/mol. The number of nitriles is 1. The second kappa shape index (κ2) is 5.71. The molecular formula is C17H12N2O3S. The largest absolute Gasteiger partial charge is 0.379 e. The van der Waals surface area contributed by atoms with Gasteiger partial charge in [-0.15, -0.1) is 0 Å². The van der Waals surface area contributed by atoms with E-state index in [9.17, 15) is 8.42 Å². The molecule has 0 atom stereocenters. The standard InChI is InChI=1S/C17H12N2O3S/c1-12-8-14-5-3-7-16(17(14)19-11-12)23(20,21)22-15-6-2-4-13(9-15)10-18/h2-9,11H,1H3. The van der Waals surface area contributed by atoms with Crippen molar-refractivity contribution in [2.24, 2.45) is 0 Å². The lowest BCUT2D eigenvalue weighted by atomic mass is 10.2. The number of para-hydroxylation sites is 1. The summed E-state index contributed by atoms with van der Waals surface area (Å²) in [7, 11) is -4.05. The minimum atomic E-state index is -4.05. The molecule has 0 spiro atoms. The van der Waals surface area contributed by atoms with Gasteiger partial charge in [0.2, 0.25) is 0 Å². The molecular weight excluding hydrogens is 312 g/mol. The van der Waals surface area contributed by atoms with E-state index in [1.807, 2.05) is 19.1 Å². The number of nitrogens with zero attached hydrogens (tertiary/aromatic N) is 2. The Labute approximate surface area is 133 Å². The van der Waals surface area contributed by atoms with Crippen LogP contribution in [-0.2, 0) is 10.1 Å². The Morgan fingerprint density at radius 2 is 1.91 bits per heavy atom. The van der Waals surface area contributed by atoms with Crippen LogP contribution in [0.3, 0.4) is 0 Å². The predicted molar refractivity (Wildman–Crippen MR) is 85.5 cm³/mol. The van der Waals surface area contributed by atoms with Crippen molar-refractivity contribution in [3.8, 4) is 11.8 Å². The number of fused-ring (bicyclic) bond motifs is 1. The first-order chi connectivity index (χ1) is 11.0. The quantitative estimate of drug-likeness (QED) is 0.691. The Balaban J connectivity index is 2.08. The average molecular weight is 324 g/mol. The fourth-order valence-corrected chi connectivity index (χ4v) is 3.33. The fourth-order valence-electron chi connectivity index (χ4n) is 2.23. The predicted octanol–water partition coefficient (Wildman–Crippen LogP) is 3.18. The van der Waals surface area contributed by atoms with Gasteiger partial charge in [0.25, 0.3) is 0 Å². The van der Waals surface area contributed by atoms with E-state index in [-0.39, 0.29) is 10.6 Å². The molecule has 0 fully saturated rings.